The third kappa shape index (κ3) is 2.98. The molecule has 0 aliphatic carbocycles. The lowest BCUT2D eigenvalue weighted by Gasteiger charge is -2.06. The zero-order chi connectivity index (χ0) is 15.5. The number of aromatic nitrogens is 2. The Kier molecular flexibility index (Phi) is 3.87. The number of para-hydroxylation sites is 1. The van der Waals surface area contributed by atoms with Crippen LogP contribution in [0.4, 0.5) is 5.69 Å². The number of nitrogens with zero attached hydrogens (tertiary/aromatic N) is 2. The standard InChI is InChI=1S/C17H17N3O2/c1-11-15(12(2)22-20-11)7-8-17(21)19-14-9-13-5-3-4-6-16(13)18-10-14/h3-6,9-10H,7-8H2,1-2H3,(H,19,21). The van der Waals surface area contributed by atoms with E-state index in [0.29, 0.717) is 18.5 Å². The predicted octanol–water partition coefficient (Wildman–Crippen LogP) is 3.41. The van der Waals surface area contributed by atoms with Crippen molar-refractivity contribution in [1.82, 2.24) is 10.1 Å². The number of carbonyl (C=O) groups is 1. The minimum atomic E-state index is -0.0444. The molecule has 5 heteroatoms. The Hall–Kier alpha value is -2.69. The summed E-state index contributed by atoms with van der Waals surface area (Å²) in [6.07, 6.45) is 2.68. The fourth-order valence-corrected chi connectivity index (χ4v) is 2.46. The van der Waals surface area contributed by atoms with Crippen LogP contribution in [-0.2, 0) is 11.2 Å². The largest absolute Gasteiger partial charge is 0.361 e. The van der Waals surface area contributed by atoms with Crippen molar-refractivity contribution in [1.29, 1.82) is 0 Å². The van der Waals surface area contributed by atoms with Crippen molar-refractivity contribution in [3.8, 4) is 0 Å². The van der Waals surface area contributed by atoms with Gasteiger partial charge in [-0.25, -0.2) is 0 Å². The number of amides is 1. The third-order valence-electron chi connectivity index (χ3n) is 3.66. The number of anilines is 1. The van der Waals surface area contributed by atoms with E-state index in [9.17, 15) is 4.79 Å². The van der Waals surface area contributed by atoms with E-state index < -0.39 is 0 Å². The quantitative estimate of drug-likeness (QED) is 0.801. The molecule has 0 saturated carbocycles. The second-order valence-corrected chi connectivity index (χ2v) is 5.27. The van der Waals surface area contributed by atoms with Gasteiger partial charge in [-0.3, -0.25) is 9.78 Å². The molecule has 1 amide bonds. The van der Waals surface area contributed by atoms with Crippen LogP contribution in [0.3, 0.4) is 0 Å². The van der Waals surface area contributed by atoms with Crippen molar-refractivity contribution >= 4 is 22.5 Å². The van der Waals surface area contributed by atoms with Crippen molar-refractivity contribution in [2.75, 3.05) is 5.32 Å². The highest BCUT2D eigenvalue weighted by Gasteiger charge is 2.11. The van der Waals surface area contributed by atoms with Crippen LogP contribution in [0.25, 0.3) is 10.9 Å². The molecule has 1 aromatic carbocycles. The highest BCUT2D eigenvalue weighted by Crippen LogP contribution is 2.17. The summed E-state index contributed by atoms with van der Waals surface area (Å²) in [4.78, 5) is 16.4. The predicted molar refractivity (Wildman–Crippen MR) is 84.7 cm³/mol. The molecule has 3 rings (SSSR count). The van der Waals surface area contributed by atoms with E-state index in [1.165, 1.54) is 0 Å². The van der Waals surface area contributed by atoms with Gasteiger partial charge >= 0.3 is 0 Å². The maximum absolute atomic E-state index is 12.1. The highest BCUT2D eigenvalue weighted by molar-refractivity contribution is 5.93. The number of rotatable bonds is 4. The monoisotopic (exact) mass is 295 g/mol. The average molecular weight is 295 g/mol. The molecular formula is C17H17N3O2. The van der Waals surface area contributed by atoms with Gasteiger partial charge in [0.2, 0.25) is 5.91 Å². The number of hydrogen-bond acceptors (Lipinski definition) is 4. The first kappa shape index (κ1) is 14.3. The molecule has 0 unspecified atom stereocenters. The molecule has 0 saturated heterocycles. The van der Waals surface area contributed by atoms with E-state index in [4.69, 9.17) is 4.52 Å². The normalized spacial score (nSPS) is 10.8. The van der Waals surface area contributed by atoms with Crippen LogP contribution in [0, 0.1) is 13.8 Å². The molecule has 5 nitrogen and oxygen atoms in total. The number of aryl methyl sites for hydroxylation is 2. The molecule has 0 atom stereocenters. The lowest BCUT2D eigenvalue weighted by molar-refractivity contribution is -0.116. The summed E-state index contributed by atoms with van der Waals surface area (Å²) in [7, 11) is 0. The van der Waals surface area contributed by atoms with E-state index in [1.807, 2.05) is 44.2 Å². The highest BCUT2D eigenvalue weighted by atomic mass is 16.5. The van der Waals surface area contributed by atoms with E-state index in [1.54, 1.807) is 6.20 Å². The Balaban J connectivity index is 1.65. The first-order valence-electron chi connectivity index (χ1n) is 7.20. The molecule has 22 heavy (non-hydrogen) atoms. The maximum Gasteiger partial charge on any atom is 0.224 e. The van der Waals surface area contributed by atoms with Gasteiger partial charge in [0.1, 0.15) is 5.76 Å². The van der Waals surface area contributed by atoms with Gasteiger partial charge < -0.3 is 9.84 Å². The number of nitrogens with one attached hydrogen (secondary N) is 1. The van der Waals surface area contributed by atoms with Crippen LogP contribution < -0.4 is 5.32 Å². The Labute approximate surface area is 128 Å². The number of pyridine rings is 1. The molecule has 112 valence electrons. The van der Waals surface area contributed by atoms with Crippen LogP contribution in [0.1, 0.15) is 23.4 Å². The van der Waals surface area contributed by atoms with Crippen LogP contribution in [0.2, 0.25) is 0 Å². The summed E-state index contributed by atoms with van der Waals surface area (Å²) in [5.74, 6) is 0.731. The van der Waals surface area contributed by atoms with Gasteiger partial charge in [0.15, 0.2) is 0 Å². The number of carbonyl (C=O) groups excluding carboxylic acids is 1. The van der Waals surface area contributed by atoms with Crippen molar-refractivity contribution in [3.05, 3.63) is 53.5 Å². The Morgan fingerprint density at radius 3 is 2.86 bits per heavy atom. The van der Waals surface area contributed by atoms with Crippen molar-refractivity contribution in [2.45, 2.75) is 26.7 Å². The zero-order valence-electron chi connectivity index (χ0n) is 12.6. The summed E-state index contributed by atoms with van der Waals surface area (Å²) < 4.78 is 5.10. The summed E-state index contributed by atoms with van der Waals surface area (Å²) in [5.41, 5.74) is 3.48. The van der Waals surface area contributed by atoms with Crippen LogP contribution in [0.5, 0.6) is 0 Å². The van der Waals surface area contributed by atoms with Gasteiger partial charge in [-0.05, 0) is 32.4 Å². The molecule has 0 spiro atoms. The van der Waals surface area contributed by atoms with Gasteiger partial charge in [0.05, 0.1) is 23.1 Å². The van der Waals surface area contributed by atoms with Gasteiger partial charge in [-0.1, -0.05) is 23.4 Å². The molecule has 0 bridgehead atoms. The average Bonchev–Trinajstić information content (AvgIpc) is 2.84. The lowest BCUT2D eigenvalue weighted by atomic mass is 10.1. The number of benzene rings is 1. The molecular weight excluding hydrogens is 278 g/mol. The Morgan fingerprint density at radius 1 is 1.27 bits per heavy atom. The summed E-state index contributed by atoms with van der Waals surface area (Å²) in [6, 6.07) is 9.74. The molecule has 0 fully saturated rings. The number of fused-ring (bicyclic) bond motifs is 1. The summed E-state index contributed by atoms with van der Waals surface area (Å²) in [6.45, 7) is 3.75. The summed E-state index contributed by atoms with van der Waals surface area (Å²) in [5, 5.41) is 7.78. The van der Waals surface area contributed by atoms with Gasteiger partial charge in [-0.2, -0.15) is 0 Å². The first-order valence-corrected chi connectivity index (χ1v) is 7.20. The zero-order valence-corrected chi connectivity index (χ0v) is 12.6. The van der Waals surface area contributed by atoms with E-state index in [2.05, 4.69) is 15.5 Å². The summed E-state index contributed by atoms with van der Waals surface area (Å²) >= 11 is 0. The van der Waals surface area contributed by atoms with Crippen molar-refractivity contribution < 1.29 is 9.32 Å². The fourth-order valence-electron chi connectivity index (χ4n) is 2.46. The molecule has 0 aliphatic rings. The molecule has 2 aromatic heterocycles. The second kappa shape index (κ2) is 5.97. The molecule has 1 N–H and O–H groups in total. The Morgan fingerprint density at radius 2 is 2.09 bits per heavy atom. The lowest BCUT2D eigenvalue weighted by Crippen LogP contribution is -2.12. The minimum absolute atomic E-state index is 0.0444. The van der Waals surface area contributed by atoms with Crippen molar-refractivity contribution in [2.24, 2.45) is 0 Å². The smallest absolute Gasteiger partial charge is 0.224 e. The topological polar surface area (TPSA) is 68.0 Å². The van der Waals surface area contributed by atoms with Gasteiger partial charge in [0, 0.05) is 17.4 Å². The minimum Gasteiger partial charge on any atom is -0.361 e. The fraction of sp³-hybridized carbons (Fsp3) is 0.235. The van der Waals surface area contributed by atoms with E-state index in [-0.39, 0.29) is 5.91 Å². The molecule has 2 heterocycles. The van der Waals surface area contributed by atoms with Crippen molar-refractivity contribution in [3.63, 3.8) is 0 Å². The van der Waals surface area contributed by atoms with Crippen LogP contribution in [0.15, 0.2) is 41.1 Å². The first-order chi connectivity index (χ1) is 10.6. The van der Waals surface area contributed by atoms with Crippen LogP contribution in [-0.4, -0.2) is 16.0 Å². The SMILES string of the molecule is Cc1noc(C)c1CCC(=O)Nc1cnc2ccccc2c1. The molecule has 3 aromatic rings. The number of hydrogen-bond donors (Lipinski definition) is 1. The molecule has 0 aliphatic heterocycles. The third-order valence-corrected chi connectivity index (χ3v) is 3.66. The van der Waals surface area contributed by atoms with Gasteiger partial charge in [-0.15, -0.1) is 0 Å². The van der Waals surface area contributed by atoms with Crippen LogP contribution >= 0.6 is 0 Å². The van der Waals surface area contributed by atoms with E-state index in [0.717, 1.165) is 27.9 Å². The van der Waals surface area contributed by atoms with Gasteiger partial charge in [0.25, 0.3) is 0 Å². The molecule has 0 radical (unpaired) electrons. The Bertz CT molecular complexity index is 804. The second-order valence-electron chi connectivity index (χ2n) is 5.27. The van der Waals surface area contributed by atoms with E-state index >= 15 is 0 Å². The maximum atomic E-state index is 12.1.